The molecule has 0 aliphatic rings. The molecule has 0 spiro atoms. The van der Waals surface area contributed by atoms with Crippen LogP contribution >= 0.6 is 0 Å². The highest BCUT2D eigenvalue weighted by Crippen LogP contribution is 2.12. The Bertz CT molecular complexity index is 540. The summed E-state index contributed by atoms with van der Waals surface area (Å²) in [5.41, 5.74) is 0.781. The van der Waals surface area contributed by atoms with Crippen LogP contribution in [-0.4, -0.2) is 57.2 Å². The van der Waals surface area contributed by atoms with E-state index in [2.05, 4.69) is 9.47 Å². The average Bonchev–Trinajstić information content (AvgIpc) is 2.58. The maximum atomic E-state index is 12.4. The van der Waals surface area contributed by atoms with Gasteiger partial charge in [0.1, 0.15) is 12.3 Å². The van der Waals surface area contributed by atoms with Crippen LogP contribution in [0.15, 0.2) is 24.3 Å². The van der Waals surface area contributed by atoms with Crippen LogP contribution in [-0.2, 0) is 30.3 Å². The number of esters is 2. The van der Waals surface area contributed by atoms with Crippen LogP contribution in [0.2, 0.25) is 0 Å². The summed E-state index contributed by atoms with van der Waals surface area (Å²) in [5.74, 6) is -0.571. The molecule has 1 aromatic rings. The molecule has 0 fully saturated rings. The lowest BCUT2D eigenvalue weighted by Gasteiger charge is -2.21. The molecular formula is C16H21NO6. The quantitative estimate of drug-likeness (QED) is 0.658. The van der Waals surface area contributed by atoms with Gasteiger partial charge in [-0.3, -0.25) is 14.4 Å². The number of hydrogen-bond donors (Lipinski definition) is 0. The van der Waals surface area contributed by atoms with Gasteiger partial charge >= 0.3 is 11.9 Å². The fraction of sp³-hybridized carbons (Fsp3) is 0.438. The van der Waals surface area contributed by atoms with Gasteiger partial charge in [0.25, 0.3) is 0 Å². The maximum absolute atomic E-state index is 12.4. The number of methoxy groups -OCH3 is 3. The van der Waals surface area contributed by atoms with Gasteiger partial charge in [-0.15, -0.1) is 0 Å². The predicted octanol–water partition coefficient (Wildman–Crippen LogP) is 0.802. The normalized spacial score (nSPS) is 9.87. The van der Waals surface area contributed by atoms with Crippen molar-refractivity contribution in [2.24, 2.45) is 0 Å². The van der Waals surface area contributed by atoms with Crippen molar-refractivity contribution in [3.05, 3.63) is 29.8 Å². The second-order valence-electron chi connectivity index (χ2n) is 4.74. The van der Waals surface area contributed by atoms with Gasteiger partial charge in [0.2, 0.25) is 5.91 Å². The third-order valence-corrected chi connectivity index (χ3v) is 3.23. The van der Waals surface area contributed by atoms with Crippen molar-refractivity contribution < 1.29 is 28.6 Å². The summed E-state index contributed by atoms with van der Waals surface area (Å²) in [7, 11) is 4.08. The highest BCUT2D eigenvalue weighted by Gasteiger charge is 2.19. The van der Waals surface area contributed by atoms with Crippen LogP contribution in [0.3, 0.4) is 0 Å². The van der Waals surface area contributed by atoms with Crippen LogP contribution in [0.5, 0.6) is 5.75 Å². The predicted molar refractivity (Wildman–Crippen MR) is 81.9 cm³/mol. The Hall–Kier alpha value is -2.57. The van der Waals surface area contributed by atoms with E-state index in [1.165, 1.54) is 19.1 Å². The average molecular weight is 323 g/mol. The molecule has 0 bridgehead atoms. The zero-order chi connectivity index (χ0) is 17.2. The van der Waals surface area contributed by atoms with Gasteiger partial charge in [0.15, 0.2) is 0 Å². The highest BCUT2D eigenvalue weighted by atomic mass is 16.5. The van der Waals surface area contributed by atoms with E-state index in [1.807, 2.05) is 0 Å². The van der Waals surface area contributed by atoms with Crippen LogP contribution in [0.4, 0.5) is 0 Å². The van der Waals surface area contributed by atoms with Crippen LogP contribution < -0.4 is 4.74 Å². The van der Waals surface area contributed by atoms with Gasteiger partial charge in [-0.1, -0.05) is 12.1 Å². The number of carbonyl (C=O) groups excluding carboxylic acids is 3. The number of amides is 1. The lowest BCUT2D eigenvalue weighted by atomic mass is 10.1. The summed E-state index contributed by atoms with van der Waals surface area (Å²) in [4.78, 5) is 36.3. The van der Waals surface area contributed by atoms with Crippen molar-refractivity contribution in [2.75, 3.05) is 34.4 Å². The van der Waals surface area contributed by atoms with E-state index in [0.29, 0.717) is 5.75 Å². The molecule has 0 atom stereocenters. The second kappa shape index (κ2) is 9.45. The van der Waals surface area contributed by atoms with Crippen molar-refractivity contribution in [3.8, 4) is 5.75 Å². The van der Waals surface area contributed by atoms with Gasteiger partial charge < -0.3 is 19.1 Å². The van der Waals surface area contributed by atoms with Crippen LogP contribution in [0, 0.1) is 0 Å². The molecule has 0 unspecified atom stereocenters. The molecule has 0 aliphatic heterocycles. The zero-order valence-electron chi connectivity index (χ0n) is 13.5. The van der Waals surface area contributed by atoms with E-state index in [-0.39, 0.29) is 31.8 Å². The fourth-order valence-corrected chi connectivity index (χ4v) is 1.87. The number of rotatable bonds is 8. The van der Waals surface area contributed by atoms with Crippen molar-refractivity contribution in [1.29, 1.82) is 0 Å². The lowest BCUT2D eigenvalue weighted by molar-refractivity contribution is -0.148. The monoisotopic (exact) mass is 323 g/mol. The number of benzene rings is 1. The first-order valence-electron chi connectivity index (χ1n) is 7.04. The number of nitrogens with zero attached hydrogens (tertiary/aromatic N) is 1. The molecule has 7 nitrogen and oxygen atoms in total. The number of ether oxygens (including phenoxy) is 3. The molecule has 0 radical (unpaired) electrons. The van der Waals surface area contributed by atoms with Crippen molar-refractivity contribution in [3.63, 3.8) is 0 Å². The van der Waals surface area contributed by atoms with Crippen LogP contribution in [0.1, 0.15) is 12.0 Å². The topological polar surface area (TPSA) is 82.1 Å². The van der Waals surface area contributed by atoms with Crippen molar-refractivity contribution in [1.82, 2.24) is 4.90 Å². The van der Waals surface area contributed by atoms with Crippen molar-refractivity contribution >= 4 is 17.8 Å². The van der Waals surface area contributed by atoms with Gasteiger partial charge in [-0.05, 0) is 17.7 Å². The molecule has 0 aliphatic carbocycles. The Kier molecular flexibility index (Phi) is 7.59. The smallest absolute Gasteiger partial charge is 0.325 e. The van der Waals surface area contributed by atoms with Crippen molar-refractivity contribution in [2.45, 2.75) is 12.8 Å². The fourth-order valence-electron chi connectivity index (χ4n) is 1.87. The van der Waals surface area contributed by atoms with Gasteiger partial charge in [0.05, 0.1) is 34.2 Å². The first-order chi connectivity index (χ1) is 11.0. The van der Waals surface area contributed by atoms with Gasteiger partial charge in [-0.25, -0.2) is 0 Å². The van der Waals surface area contributed by atoms with E-state index in [0.717, 1.165) is 5.56 Å². The molecular weight excluding hydrogens is 302 g/mol. The maximum Gasteiger partial charge on any atom is 0.325 e. The summed E-state index contributed by atoms with van der Waals surface area (Å²) in [6, 6.07) is 7.05. The Balaban J connectivity index is 2.71. The minimum atomic E-state index is -0.544. The summed E-state index contributed by atoms with van der Waals surface area (Å²) >= 11 is 0. The molecule has 0 saturated heterocycles. The molecule has 1 aromatic carbocycles. The Morgan fingerprint density at radius 1 is 0.957 bits per heavy atom. The van der Waals surface area contributed by atoms with E-state index in [1.54, 1.807) is 31.4 Å². The third-order valence-electron chi connectivity index (χ3n) is 3.23. The number of hydrogen-bond acceptors (Lipinski definition) is 6. The van der Waals surface area contributed by atoms with E-state index < -0.39 is 11.9 Å². The van der Waals surface area contributed by atoms with E-state index in [9.17, 15) is 14.4 Å². The molecule has 1 amide bonds. The molecule has 7 heteroatoms. The zero-order valence-corrected chi connectivity index (χ0v) is 13.5. The van der Waals surface area contributed by atoms with Gasteiger partial charge in [0, 0.05) is 6.54 Å². The Morgan fingerprint density at radius 3 is 2.09 bits per heavy atom. The third kappa shape index (κ3) is 6.37. The summed E-state index contributed by atoms with van der Waals surface area (Å²) in [5, 5.41) is 0. The molecule has 126 valence electrons. The SMILES string of the molecule is COC(=O)CCN(CC(=O)OC)C(=O)Cc1ccc(OC)cc1. The molecule has 0 heterocycles. The molecule has 0 aromatic heterocycles. The van der Waals surface area contributed by atoms with Gasteiger partial charge in [-0.2, -0.15) is 0 Å². The molecule has 23 heavy (non-hydrogen) atoms. The second-order valence-corrected chi connectivity index (χ2v) is 4.74. The van der Waals surface area contributed by atoms with E-state index in [4.69, 9.17) is 4.74 Å². The standard InChI is InChI=1S/C16H21NO6/c1-21-13-6-4-12(5-7-13)10-14(18)17(11-16(20)23-3)9-8-15(19)22-2/h4-7H,8-11H2,1-3H3. The summed E-state index contributed by atoms with van der Waals surface area (Å²) < 4.78 is 14.2. The summed E-state index contributed by atoms with van der Waals surface area (Å²) in [6.07, 6.45) is 0.129. The Labute approximate surface area is 135 Å². The first-order valence-corrected chi connectivity index (χ1v) is 7.04. The van der Waals surface area contributed by atoms with Crippen LogP contribution in [0.25, 0.3) is 0 Å². The first kappa shape index (κ1) is 18.5. The number of carbonyl (C=O) groups is 3. The van der Waals surface area contributed by atoms with E-state index >= 15 is 0 Å². The molecule has 0 saturated carbocycles. The minimum absolute atomic E-state index is 0.0157. The lowest BCUT2D eigenvalue weighted by Crippen LogP contribution is -2.38. The minimum Gasteiger partial charge on any atom is -0.497 e. The molecule has 0 N–H and O–H groups in total. The Morgan fingerprint density at radius 2 is 1.57 bits per heavy atom. The highest BCUT2D eigenvalue weighted by molar-refractivity contribution is 5.84. The molecule has 1 rings (SSSR count). The summed E-state index contributed by atoms with van der Waals surface area (Å²) in [6.45, 7) is -0.112. The largest absolute Gasteiger partial charge is 0.497 e.